The Morgan fingerprint density at radius 3 is 1.86 bits per heavy atom. The summed E-state index contributed by atoms with van der Waals surface area (Å²) in [5, 5.41) is 0. The number of carbonyl (C=O) groups is 1. The number of halogens is 4. The summed E-state index contributed by atoms with van der Waals surface area (Å²) in [5.41, 5.74) is -1.41. The summed E-state index contributed by atoms with van der Waals surface area (Å²) in [6, 6.07) is 0. The molecular formula is C16H26F4O2. The van der Waals surface area contributed by atoms with E-state index < -0.39 is 30.0 Å². The van der Waals surface area contributed by atoms with Crippen molar-refractivity contribution in [1.29, 1.82) is 0 Å². The Kier molecular flexibility index (Phi) is 10.9. The van der Waals surface area contributed by atoms with Gasteiger partial charge in [-0.25, -0.2) is 4.79 Å². The van der Waals surface area contributed by atoms with Crippen molar-refractivity contribution in [2.24, 2.45) is 0 Å². The molecule has 0 aliphatic heterocycles. The van der Waals surface area contributed by atoms with Gasteiger partial charge in [0.25, 0.3) is 0 Å². The Balaban J connectivity index is 4.29. The summed E-state index contributed by atoms with van der Waals surface area (Å²) in [7, 11) is 0. The number of rotatable bonds is 11. The molecule has 0 aliphatic carbocycles. The lowest BCUT2D eigenvalue weighted by Crippen LogP contribution is -2.18. The van der Waals surface area contributed by atoms with Crippen LogP contribution in [-0.2, 0) is 9.53 Å². The van der Waals surface area contributed by atoms with Crippen molar-refractivity contribution in [1.82, 2.24) is 0 Å². The fourth-order valence-corrected chi connectivity index (χ4v) is 2.13. The summed E-state index contributed by atoms with van der Waals surface area (Å²) in [6.07, 6.45) is 1.84. The molecule has 0 aromatic carbocycles. The second-order valence-corrected chi connectivity index (χ2v) is 5.24. The van der Waals surface area contributed by atoms with Gasteiger partial charge < -0.3 is 4.74 Å². The van der Waals surface area contributed by atoms with Crippen LogP contribution in [0.5, 0.6) is 0 Å². The monoisotopic (exact) mass is 326 g/mol. The van der Waals surface area contributed by atoms with Crippen LogP contribution in [-0.4, -0.2) is 18.8 Å². The highest BCUT2D eigenvalue weighted by atomic mass is 19.4. The maximum Gasteiger partial charge on any atom is 0.415 e. The number of unbranched alkanes of at least 4 members (excludes halogenated alkanes) is 7. The molecule has 130 valence electrons. The van der Waals surface area contributed by atoms with Gasteiger partial charge in [0.1, 0.15) is 0 Å². The largest absolute Gasteiger partial charge is 0.461 e. The van der Waals surface area contributed by atoms with Gasteiger partial charge in [-0.1, -0.05) is 51.9 Å². The summed E-state index contributed by atoms with van der Waals surface area (Å²) in [6.45, 7) is 3.37. The number of hydrogen-bond donors (Lipinski definition) is 0. The second-order valence-electron chi connectivity index (χ2n) is 5.24. The molecule has 0 aliphatic rings. The predicted molar refractivity (Wildman–Crippen MR) is 78.0 cm³/mol. The van der Waals surface area contributed by atoms with Gasteiger partial charge in [-0.3, -0.25) is 0 Å². The maximum absolute atomic E-state index is 13.5. The quantitative estimate of drug-likeness (QED) is 0.205. The van der Waals surface area contributed by atoms with Crippen LogP contribution in [0.2, 0.25) is 0 Å². The minimum Gasteiger partial charge on any atom is -0.461 e. The van der Waals surface area contributed by atoms with E-state index in [1.807, 2.05) is 0 Å². The molecule has 0 saturated carbocycles. The third kappa shape index (κ3) is 9.05. The SMILES string of the molecule is CCCCCCCCCCC(=C(F)C(=O)OCC)C(F)(F)F. The Labute approximate surface area is 129 Å². The first-order valence-corrected chi connectivity index (χ1v) is 7.97. The molecule has 2 nitrogen and oxygen atoms in total. The molecule has 0 bridgehead atoms. The lowest BCUT2D eigenvalue weighted by molar-refractivity contribution is -0.142. The van der Waals surface area contributed by atoms with Crippen molar-refractivity contribution in [3.63, 3.8) is 0 Å². The minimum absolute atomic E-state index is 0.158. The molecule has 0 N–H and O–H groups in total. The molecule has 0 heterocycles. The summed E-state index contributed by atoms with van der Waals surface area (Å²) in [5.74, 6) is -3.34. The lowest BCUT2D eigenvalue weighted by Gasteiger charge is -2.12. The van der Waals surface area contributed by atoms with E-state index in [0.717, 1.165) is 32.1 Å². The zero-order valence-electron chi connectivity index (χ0n) is 13.4. The Hall–Kier alpha value is -1.07. The third-order valence-corrected chi connectivity index (χ3v) is 3.34. The van der Waals surface area contributed by atoms with Crippen molar-refractivity contribution in [2.45, 2.75) is 77.8 Å². The van der Waals surface area contributed by atoms with Gasteiger partial charge in [0.05, 0.1) is 12.2 Å². The van der Waals surface area contributed by atoms with Crippen molar-refractivity contribution >= 4 is 5.97 Å². The van der Waals surface area contributed by atoms with Gasteiger partial charge in [-0.05, 0) is 19.8 Å². The van der Waals surface area contributed by atoms with E-state index >= 15 is 0 Å². The average Bonchev–Trinajstić information content (AvgIpc) is 2.44. The van der Waals surface area contributed by atoms with E-state index in [0.29, 0.717) is 6.42 Å². The van der Waals surface area contributed by atoms with Gasteiger partial charge in [-0.2, -0.15) is 17.6 Å². The predicted octanol–water partition coefficient (Wildman–Crippen LogP) is 5.87. The molecule has 0 spiro atoms. The van der Waals surface area contributed by atoms with Crippen LogP contribution in [0.1, 0.15) is 71.6 Å². The highest BCUT2D eigenvalue weighted by molar-refractivity contribution is 5.87. The van der Waals surface area contributed by atoms with Gasteiger partial charge >= 0.3 is 12.1 Å². The Bertz CT molecular complexity index is 349. The topological polar surface area (TPSA) is 26.3 Å². The van der Waals surface area contributed by atoms with Gasteiger partial charge in [-0.15, -0.1) is 0 Å². The number of hydrogen-bond acceptors (Lipinski definition) is 2. The smallest absolute Gasteiger partial charge is 0.415 e. The molecule has 0 aromatic heterocycles. The van der Waals surface area contributed by atoms with Crippen LogP contribution >= 0.6 is 0 Å². The second kappa shape index (κ2) is 11.5. The van der Waals surface area contributed by atoms with E-state index in [1.165, 1.54) is 13.3 Å². The van der Waals surface area contributed by atoms with Crippen molar-refractivity contribution in [2.75, 3.05) is 6.61 Å². The first kappa shape index (κ1) is 20.9. The molecular weight excluding hydrogens is 300 g/mol. The van der Waals surface area contributed by atoms with Crippen molar-refractivity contribution in [3.8, 4) is 0 Å². The molecule has 0 saturated heterocycles. The number of allylic oxidation sites excluding steroid dienone is 1. The highest BCUT2D eigenvalue weighted by Gasteiger charge is 2.38. The first-order valence-electron chi connectivity index (χ1n) is 7.97. The number of carbonyl (C=O) groups excluding carboxylic acids is 1. The molecule has 0 radical (unpaired) electrons. The number of ether oxygens (including phenoxy) is 1. The van der Waals surface area contributed by atoms with E-state index in [1.54, 1.807) is 0 Å². The molecule has 6 heteroatoms. The third-order valence-electron chi connectivity index (χ3n) is 3.34. The normalized spacial score (nSPS) is 13.0. The van der Waals surface area contributed by atoms with Gasteiger partial charge in [0, 0.05) is 0 Å². The number of esters is 1. The maximum atomic E-state index is 13.5. The standard InChI is InChI=1S/C16H26F4O2/c1-3-5-6-7-8-9-10-11-12-13(16(18,19)20)14(17)15(21)22-4-2/h3-12H2,1-2H3. The van der Waals surface area contributed by atoms with Crippen LogP contribution < -0.4 is 0 Å². The fraction of sp³-hybridized carbons (Fsp3) is 0.812. The molecule has 0 aromatic rings. The molecule has 0 amide bonds. The van der Waals surface area contributed by atoms with Crippen LogP contribution in [0.3, 0.4) is 0 Å². The van der Waals surface area contributed by atoms with Crippen LogP contribution in [0.4, 0.5) is 17.6 Å². The highest BCUT2D eigenvalue weighted by Crippen LogP contribution is 2.33. The molecule has 22 heavy (non-hydrogen) atoms. The molecule has 0 atom stereocenters. The van der Waals surface area contributed by atoms with Crippen LogP contribution in [0.15, 0.2) is 11.4 Å². The molecule has 0 fully saturated rings. The minimum atomic E-state index is -4.84. The summed E-state index contributed by atoms with van der Waals surface area (Å²) >= 11 is 0. The van der Waals surface area contributed by atoms with E-state index in [9.17, 15) is 22.4 Å². The van der Waals surface area contributed by atoms with Crippen molar-refractivity contribution < 1.29 is 27.1 Å². The zero-order valence-corrected chi connectivity index (χ0v) is 13.4. The summed E-state index contributed by atoms with van der Waals surface area (Å²) < 4.78 is 56.2. The first-order chi connectivity index (χ1) is 10.3. The van der Waals surface area contributed by atoms with Gasteiger partial charge in [0.2, 0.25) is 5.83 Å². The van der Waals surface area contributed by atoms with E-state index in [4.69, 9.17) is 0 Å². The van der Waals surface area contributed by atoms with Crippen LogP contribution in [0.25, 0.3) is 0 Å². The zero-order chi connectivity index (χ0) is 17.0. The lowest BCUT2D eigenvalue weighted by atomic mass is 10.0. The van der Waals surface area contributed by atoms with E-state index in [2.05, 4.69) is 11.7 Å². The average molecular weight is 326 g/mol. The Morgan fingerprint density at radius 1 is 0.909 bits per heavy atom. The van der Waals surface area contributed by atoms with Gasteiger partial charge in [0.15, 0.2) is 0 Å². The fourth-order valence-electron chi connectivity index (χ4n) is 2.13. The molecule has 0 rings (SSSR count). The van der Waals surface area contributed by atoms with Crippen molar-refractivity contribution in [3.05, 3.63) is 11.4 Å². The van der Waals surface area contributed by atoms with Crippen LogP contribution in [0, 0.1) is 0 Å². The number of alkyl halides is 3. The van der Waals surface area contributed by atoms with E-state index in [-0.39, 0.29) is 13.0 Å². The Morgan fingerprint density at radius 2 is 1.41 bits per heavy atom. The molecule has 0 unspecified atom stereocenters. The summed E-state index contributed by atoms with van der Waals surface area (Å²) in [4.78, 5) is 11.1.